The first-order valence-electron chi connectivity index (χ1n) is 2.29. The maximum atomic E-state index is 4.10. The lowest BCUT2D eigenvalue weighted by atomic mass is 10.6. The second-order valence-corrected chi connectivity index (χ2v) is 3.00. The number of rotatable bonds is 2. The Kier molecular flexibility index (Phi) is 2.36. The highest BCUT2D eigenvalue weighted by molar-refractivity contribution is 7.97. The van der Waals surface area contributed by atoms with Gasteiger partial charge in [0.05, 0.1) is 11.2 Å². The Morgan fingerprint density at radius 1 is 1.88 bits per heavy atom. The number of thioether (sulfide) groups is 1. The minimum atomic E-state index is 1.05. The van der Waals surface area contributed by atoms with Gasteiger partial charge in [-0.05, 0) is 6.26 Å². The summed E-state index contributed by atoms with van der Waals surface area (Å²) in [7, 11) is 0. The average molecular weight is 145 g/mol. The minimum Gasteiger partial charge on any atom is -0.249 e. The van der Waals surface area contributed by atoms with E-state index in [1.54, 1.807) is 23.1 Å². The molecule has 0 aliphatic rings. The molecule has 0 atom stereocenters. The summed E-state index contributed by atoms with van der Waals surface area (Å²) in [5.74, 6) is 1.05. The zero-order valence-corrected chi connectivity index (χ0v) is 6.26. The van der Waals surface area contributed by atoms with E-state index in [1.165, 1.54) is 5.69 Å². The molecule has 0 N–H and O–H groups in total. The molecular formula is C5H7NS2. The number of aromatic nitrogens is 1. The van der Waals surface area contributed by atoms with Gasteiger partial charge in [0.15, 0.2) is 0 Å². The highest BCUT2D eigenvalue weighted by Crippen LogP contribution is 2.07. The minimum absolute atomic E-state index is 1.05. The van der Waals surface area contributed by atoms with E-state index in [9.17, 15) is 0 Å². The fourth-order valence-electron chi connectivity index (χ4n) is 0.457. The summed E-state index contributed by atoms with van der Waals surface area (Å²) in [5, 5.41) is 2.08. The summed E-state index contributed by atoms with van der Waals surface area (Å²) >= 11 is 3.46. The van der Waals surface area contributed by atoms with Crippen LogP contribution in [0.4, 0.5) is 0 Å². The zero-order chi connectivity index (χ0) is 5.82. The number of nitrogens with zero attached hydrogens (tertiary/aromatic N) is 1. The Morgan fingerprint density at radius 2 is 2.75 bits per heavy atom. The van der Waals surface area contributed by atoms with Crippen LogP contribution in [0.2, 0.25) is 0 Å². The zero-order valence-electron chi connectivity index (χ0n) is 4.63. The van der Waals surface area contributed by atoms with E-state index < -0.39 is 0 Å². The van der Waals surface area contributed by atoms with Gasteiger partial charge in [-0.15, -0.1) is 11.3 Å². The predicted octanol–water partition coefficient (Wildman–Crippen LogP) is 2.01. The Balaban J connectivity index is 2.50. The standard InChI is InChI=1S/C5H7NS2/c1-7-2-5-3-8-4-6-5/h3-4H,2H2,1H3. The molecule has 44 valence electrons. The lowest BCUT2D eigenvalue weighted by Gasteiger charge is -1.84. The fourth-order valence-corrected chi connectivity index (χ4v) is 1.57. The van der Waals surface area contributed by atoms with E-state index in [0.29, 0.717) is 0 Å². The number of hydrogen-bond donors (Lipinski definition) is 0. The van der Waals surface area contributed by atoms with Crippen molar-refractivity contribution in [3.05, 3.63) is 16.6 Å². The van der Waals surface area contributed by atoms with Crippen molar-refractivity contribution >= 4 is 23.1 Å². The maximum absolute atomic E-state index is 4.10. The summed E-state index contributed by atoms with van der Waals surface area (Å²) in [6.45, 7) is 0. The predicted molar refractivity (Wildman–Crippen MR) is 39.3 cm³/mol. The van der Waals surface area contributed by atoms with Crippen molar-refractivity contribution < 1.29 is 0 Å². The van der Waals surface area contributed by atoms with Crippen LogP contribution in [0.25, 0.3) is 0 Å². The van der Waals surface area contributed by atoms with Crippen LogP contribution in [0, 0.1) is 0 Å². The van der Waals surface area contributed by atoms with Crippen LogP contribution >= 0.6 is 23.1 Å². The molecule has 0 saturated carbocycles. The SMILES string of the molecule is CSCc1cscn1. The highest BCUT2D eigenvalue weighted by Gasteiger charge is 1.88. The summed E-state index contributed by atoms with van der Waals surface area (Å²) in [4.78, 5) is 4.10. The van der Waals surface area contributed by atoms with E-state index in [2.05, 4.69) is 16.6 Å². The Labute approximate surface area is 57.1 Å². The highest BCUT2D eigenvalue weighted by atomic mass is 32.2. The molecule has 1 aromatic heterocycles. The van der Waals surface area contributed by atoms with Gasteiger partial charge in [-0.3, -0.25) is 0 Å². The molecule has 8 heavy (non-hydrogen) atoms. The molecule has 0 aliphatic heterocycles. The van der Waals surface area contributed by atoms with Crippen LogP contribution in [0.1, 0.15) is 5.69 Å². The van der Waals surface area contributed by atoms with Crippen molar-refractivity contribution in [1.29, 1.82) is 0 Å². The van der Waals surface area contributed by atoms with E-state index >= 15 is 0 Å². The summed E-state index contributed by atoms with van der Waals surface area (Å²) in [6, 6.07) is 0. The lowest BCUT2D eigenvalue weighted by molar-refractivity contribution is 1.24. The smallest absolute Gasteiger partial charge is 0.0795 e. The van der Waals surface area contributed by atoms with Crippen LogP contribution in [0.15, 0.2) is 10.9 Å². The molecule has 1 rings (SSSR count). The molecular weight excluding hydrogens is 138 g/mol. The molecule has 0 aromatic carbocycles. The average Bonchev–Trinajstić information content (AvgIpc) is 2.19. The first-order valence-corrected chi connectivity index (χ1v) is 4.63. The molecule has 0 aliphatic carbocycles. The molecule has 0 spiro atoms. The molecule has 3 heteroatoms. The third-order valence-corrected chi connectivity index (χ3v) is 2.00. The molecule has 0 radical (unpaired) electrons. The third kappa shape index (κ3) is 1.49. The van der Waals surface area contributed by atoms with Crippen molar-refractivity contribution in [1.82, 2.24) is 4.98 Å². The maximum Gasteiger partial charge on any atom is 0.0795 e. The Bertz CT molecular complexity index is 136. The van der Waals surface area contributed by atoms with E-state index in [-0.39, 0.29) is 0 Å². The van der Waals surface area contributed by atoms with Gasteiger partial charge in [0.2, 0.25) is 0 Å². The van der Waals surface area contributed by atoms with Gasteiger partial charge >= 0.3 is 0 Å². The second kappa shape index (κ2) is 3.10. The Hall–Kier alpha value is -0.0200. The molecule has 0 amide bonds. The van der Waals surface area contributed by atoms with Gasteiger partial charge in [0, 0.05) is 11.1 Å². The van der Waals surface area contributed by atoms with Gasteiger partial charge in [-0.2, -0.15) is 11.8 Å². The molecule has 0 bridgehead atoms. The van der Waals surface area contributed by atoms with Crippen molar-refractivity contribution in [3.63, 3.8) is 0 Å². The van der Waals surface area contributed by atoms with Gasteiger partial charge in [-0.1, -0.05) is 0 Å². The van der Waals surface area contributed by atoms with Crippen molar-refractivity contribution in [2.75, 3.05) is 6.26 Å². The topological polar surface area (TPSA) is 12.9 Å². The molecule has 0 unspecified atom stereocenters. The lowest BCUT2D eigenvalue weighted by Crippen LogP contribution is -1.74. The largest absolute Gasteiger partial charge is 0.249 e. The first-order chi connectivity index (χ1) is 3.93. The van der Waals surface area contributed by atoms with Crippen LogP contribution in [-0.4, -0.2) is 11.2 Å². The van der Waals surface area contributed by atoms with Crippen LogP contribution in [0.5, 0.6) is 0 Å². The van der Waals surface area contributed by atoms with E-state index in [0.717, 1.165) is 5.75 Å². The van der Waals surface area contributed by atoms with Crippen molar-refractivity contribution in [2.24, 2.45) is 0 Å². The van der Waals surface area contributed by atoms with Crippen LogP contribution < -0.4 is 0 Å². The van der Waals surface area contributed by atoms with Gasteiger partial charge in [-0.25, -0.2) is 4.98 Å². The normalized spacial score (nSPS) is 9.62. The molecule has 0 saturated heterocycles. The molecule has 1 nitrogen and oxygen atoms in total. The van der Waals surface area contributed by atoms with Crippen molar-refractivity contribution in [2.45, 2.75) is 5.75 Å². The summed E-state index contributed by atoms with van der Waals surface area (Å²) in [5.41, 5.74) is 3.06. The summed E-state index contributed by atoms with van der Waals surface area (Å²) in [6.07, 6.45) is 2.08. The number of thiazole rings is 1. The third-order valence-electron chi connectivity index (χ3n) is 0.776. The first kappa shape index (κ1) is 6.11. The van der Waals surface area contributed by atoms with Crippen LogP contribution in [0.3, 0.4) is 0 Å². The Morgan fingerprint density at radius 3 is 3.25 bits per heavy atom. The van der Waals surface area contributed by atoms with Gasteiger partial charge in [0.1, 0.15) is 0 Å². The molecule has 1 aromatic rings. The second-order valence-electron chi connectivity index (χ2n) is 1.41. The quantitative estimate of drug-likeness (QED) is 0.631. The molecule has 1 heterocycles. The monoisotopic (exact) mass is 145 g/mol. The van der Waals surface area contributed by atoms with Gasteiger partial charge in [0.25, 0.3) is 0 Å². The van der Waals surface area contributed by atoms with E-state index in [4.69, 9.17) is 0 Å². The van der Waals surface area contributed by atoms with Crippen molar-refractivity contribution in [3.8, 4) is 0 Å². The van der Waals surface area contributed by atoms with E-state index in [1.807, 2.05) is 5.51 Å². The fraction of sp³-hybridized carbons (Fsp3) is 0.400. The number of hydrogen-bond acceptors (Lipinski definition) is 3. The summed E-state index contributed by atoms with van der Waals surface area (Å²) < 4.78 is 0. The molecule has 0 fully saturated rings. The van der Waals surface area contributed by atoms with Crippen LogP contribution in [-0.2, 0) is 5.75 Å². The van der Waals surface area contributed by atoms with Gasteiger partial charge < -0.3 is 0 Å².